The van der Waals surface area contributed by atoms with Crippen molar-refractivity contribution in [2.75, 3.05) is 6.61 Å². The first-order valence-electron chi connectivity index (χ1n) is 5.29. The summed E-state index contributed by atoms with van der Waals surface area (Å²) < 4.78 is 43.3. The first-order chi connectivity index (χ1) is 8.34. The van der Waals surface area contributed by atoms with E-state index >= 15 is 0 Å². The zero-order valence-electron chi connectivity index (χ0n) is 9.65. The molecule has 1 aromatic rings. The lowest BCUT2D eigenvalue weighted by molar-refractivity contribution is -0.198. The van der Waals surface area contributed by atoms with Crippen LogP contribution in [-0.4, -0.2) is 33.6 Å². The maximum Gasteiger partial charge on any atom is 0.405 e. The summed E-state index contributed by atoms with van der Waals surface area (Å²) in [6.45, 7) is 1.58. The molecule has 1 N–H and O–H groups in total. The molecule has 0 saturated heterocycles. The summed E-state index contributed by atoms with van der Waals surface area (Å²) in [5.41, 5.74) is 0. The predicted octanol–water partition coefficient (Wildman–Crippen LogP) is 1.93. The quantitative estimate of drug-likeness (QED) is 0.854. The van der Waals surface area contributed by atoms with Crippen molar-refractivity contribution >= 4 is 5.97 Å². The molecule has 0 spiro atoms. The highest BCUT2D eigenvalue weighted by Crippen LogP contribution is 2.27. The fourth-order valence-electron chi connectivity index (χ4n) is 1.26. The molecule has 0 aliphatic heterocycles. The van der Waals surface area contributed by atoms with Gasteiger partial charge in [0.2, 0.25) is 0 Å². The van der Waals surface area contributed by atoms with Crippen LogP contribution in [0.15, 0.2) is 12.4 Å². The Bertz CT molecular complexity index is 403. The van der Waals surface area contributed by atoms with Crippen LogP contribution in [0, 0.1) is 5.92 Å². The largest absolute Gasteiger partial charge is 0.489 e. The number of aliphatic carboxylic acids is 1. The van der Waals surface area contributed by atoms with E-state index in [0.717, 1.165) is 6.42 Å². The number of nitrogens with zero attached hydrogens (tertiary/aromatic N) is 2. The molecule has 0 aromatic carbocycles. The van der Waals surface area contributed by atoms with E-state index in [9.17, 15) is 18.0 Å². The molecule has 0 aliphatic carbocycles. The van der Waals surface area contributed by atoms with Gasteiger partial charge in [-0.05, 0) is 6.42 Å². The van der Waals surface area contributed by atoms with Gasteiger partial charge in [0, 0.05) is 6.54 Å². The fraction of sp³-hybridized carbons (Fsp3) is 0.600. The summed E-state index contributed by atoms with van der Waals surface area (Å²) >= 11 is 0. The van der Waals surface area contributed by atoms with Crippen LogP contribution in [0.25, 0.3) is 0 Å². The molecule has 1 rings (SSSR count). The Hall–Kier alpha value is -1.73. The summed E-state index contributed by atoms with van der Waals surface area (Å²) in [4.78, 5) is 10.5. The molecule has 0 amide bonds. The number of aromatic nitrogens is 2. The van der Waals surface area contributed by atoms with Crippen LogP contribution in [0.2, 0.25) is 0 Å². The second-order valence-corrected chi connectivity index (χ2v) is 3.68. The van der Waals surface area contributed by atoms with E-state index in [-0.39, 0.29) is 5.75 Å². The smallest absolute Gasteiger partial charge is 0.405 e. The molecular formula is C10H13F3N2O3. The first kappa shape index (κ1) is 14.3. The molecule has 102 valence electrons. The molecule has 0 bridgehead atoms. The van der Waals surface area contributed by atoms with E-state index in [4.69, 9.17) is 9.84 Å². The van der Waals surface area contributed by atoms with Crippen molar-refractivity contribution in [1.82, 2.24) is 9.78 Å². The van der Waals surface area contributed by atoms with Gasteiger partial charge < -0.3 is 9.84 Å². The number of carbonyl (C=O) groups is 1. The number of carboxylic acids is 1. The number of halogens is 3. The van der Waals surface area contributed by atoms with Gasteiger partial charge in [-0.2, -0.15) is 18.3 Å². The van der Waals surface area contributed by atoms with E-state index in [1.165, 1.54) is 17.1 Å². The van der Waals surface area contributed by atoms with Crippen molar-refractivity contribution in [3.63, 3.8) is 0 Å². The number of alkyl halides is 3. The van der Waals surface area contributed by atoms with Gasteiger partial charge in [-0.3, -0.25) is 9.48 Å². The molecule has 1 unspecified atom stereocenters. The predicted molar refractivity (Wildman–Crippen MR) is 55.2 cm³/mol. The summed E-state index contributed by atoms with van der Waals surface area (Å²) in [5, 5.41) is 12.3. The van der Waals surface area contributed by atoms with Crippen molar-refractivity contribution < 1.29 is 27.8 Å². The number of rotatable bonds is 6. The fourth-order valence-corrected chi connectivity index (χ4v) is 1.26. The molecule has 18 heavy (non-hydrogen) atoms. The van der Waals surface area contributed by atoms with Gasteiger partial charge in [-0.15, -0.1) is 0 Å². The first-order valence-corrected chi connectivity index (χ1v) is 5.29. The third-order valence-electron chi connectivity index (χ3n) is 2.17. The Morgan fingerprint density at radius 2 is 2.28 bits per heavy atom. The average molecular weight is 266 g/mol. The highest BCUT2D eigenvalue weighted by Gasteiger charge is 2.45. The summed E-state index contributed by atoms with van der Waals surface area (Å²) in [6.07, 6.45) is -1.32. The monoisotopic (exact) mass is 266 g/mol. The van der Waals surface area contributed by atoms with E-state index in [0.29, 0.717) is 6.54 Å². The van der Waals surface area contributed by atoms with Crippen LogP contribution < -0.4 is 4.74 Å². The molecule has 0 radical (unpaired) electrons. The van der Waals surface area contributed by atoms with Gasteiger partial charge >= 0.3 is 12.1 Å². The Morgan fingerprint density at radius 1 is 1.61 bits per heavy atom. The Kier molecular flexibility index (Phi) is 4.57. The van der Waals surface area contributed by atoms with E-state index in [1.54, 1.807) is 0 Å². The van der Waals surface area contributed by atoms with Gasteiger partial charge in [-0.25, -0.2) is 0 Å². The number of aryl methyl sites for hydroxylation is 1. The van der Waals surface area contributed by atoms with Gasteiger partial charge in [-0.1, -0.05) is 6.92 Å². The lowest BCUT2D eigenvalue weighted by Crippen LogP contribution is -2.35. The minimum Gasteiger partial charge on any atom is -0.489 e. The van der Waals surface area contributed by atoms with Crippen molar-refractivity contribution in [2.24, 2.45) is 5.92 Å². The standard InChI is InChI=1S/C10H13F3N2O3/c1-2-3-15-5-7(4-14-15)18-6-8(9(16)17)10(11,12)13/h4-5,8H,2-3,6H2,1H3,(H,16,17). The Morgan fingerprint density at radius 3 is 2.78 bits per heavy atom. The molecular weight excluding hydrogens is 253 g/mol. The lowest BCUT2D eigenvalue weighted by atomic mass is 10.1. The number of ether oxygens (including phenoxy) is 1. The maximum atomic E-state index is 12.3. The van der Waals surface area contributed by atoms with Gasteiger partial charge in [0.15, 0.2) is 11.7 Å². The molecule has 0 fully saturated rings. The zero-order valence-corrected chi connectivity index (χ0v) is 9.65. The Labute approximate surface area is 101 Å². The van der Waals surface area contributed by atoms with Crippen molar-refractivity contribution in [3.8, 4) is 5.75 Å². The van der Waals surface area contributed by atoms with Crippen molar-refractivity contribution in [2.45, 2.75) is 26.1 Å². The Balaban J connectivity index is 2.59. The molecule has 8 heteroatoms. The summed E-state index contributed by atoms with van der Waals surface area (Å²) in [5.74, 6) is -4.37. The van der Waals surface area contributed by atoms with Gasteiger partial charge in [0.1, 0.15) is 6.61 Å². The van der Waals surface area contributed by atoms with Crippen LogP contribution in [-0.2, 0) is 11.3 Å². The van der Waals surface area contributed by atoms with E-state index in [1.807, 2.05) is 6.92 Å². The van der Waals surface area contributed by atoms with Gasteiger partial charge in [0.25, 0.3) is 0 Å². The highest BCUT2D eigenvalue weighted by molar-refractivity contribution is 5.71. The minimum absolute atomic E-state index is 0.124. The van der Waals surface area contributed by atoms with Crippen LogP contribution in [0.4, 0.5) is 13.2 Å². The van der Waals surface area contributed by atoms with Crippen molar-refractivity contribution in [3.05, 3.63) is 12.4 Å². The van der Waals surface area contributed by atoms with Crippen molar-refractivity contribution in [1.29, 1.82) is 0 Å². The molecule has 0 saturated carbocycles. The SMILES string of the molecule is CCCn1cc(OCC(C(=O)O)C(F)(F)F)cn1. The topological polar surface area (TPSA) is 64.3 Å². The van der Waals surface area contributed by atoms with E-state index in [2.05, 4.69) is 5.10 Å². The summed E-state index contributed by atoms with van der Waals surface area (Å²) in [6, 6.07) is 0. The lowest BCUT2D eigenvalue weighted by Gasteiger charge is -2.15. The summed E-state index contributed by atoms with van der Waals surface area (Å²) in [7, 11) is 0. The van der Waals surface area contributed by atoms with Crippen LogP contribution in [0.5, 0.6) is 5.75 Å². The molecule has 5 nitrogen and oxygen atoms in total. The number of hydrogen-bond acceptors (Lipinski definition) is 3. The molecule has 1 atom stereocenters. The third-order valence-corrected chi connectivity index (χ3v) is 2.17. The molecule has 1 aromatic heterocycles. The van der Waals surface area contributed by atoms with Crippen LogP contribution in [0.1, 0.15) is 13.3 Å². The van der Waals surface area contributed by atoms with Gasteiger partial charge in [0.05, 0.1) is 12.4 Å². The number of hydrogen-bond donors (Lipinski definition) is 1. The second-order valence-electron chi connectivity index (χ2n) is 3.68. The third kappa shape index (κ3) is 3.94. The zero-order chi connectivity index (χ0) is 13.8. The second kappa shape index (κ2) is 5.74. The van der Waals surface area contributed by atoms with Crippen LogP contribution in [0.3, 0.4) is 0 Å². The average Bonchev–Trinajstić information content (AvgIpc) is 2.64. The van der Waals surface area contributed by atoms with Crippen LogP contribution >= 0.6 is 0 Å². The molecule has 1 heterocycles. The normalized spacial score (nSPS) is 13.3. The molecule has 0 aliphatic rings. The van der Waals surface area contributed by atoms with E-state index < -0.39 is 24.7 Å². The highest BCUT2D eigenvalue weighted by atomic mass is 19.4. The minimum atomic E-state index is -4.83. The maximum absolute atomic E-state index is 12.3. The number of carboxylic acid groups (broad SMARTS) is 1.